The molecule has 1 aliphatic carbocycles. The maximum absolute atomic E-state index is 5.73. The molecule has 3 aromatic rings. The highest BCUT2D eigenvalue weighted by Gasteiger charge is 2.37. The molecule has 0 spiro atoms. The fraction of sp³-hybridized carbons (Fsp3) is 0.300. The number of hydrogen-bond donors (Lipinski definition) is 1. The van der Waals surface area contributed by atoms with Crippen LogP contribution in [0.2, 0.25) is 0 Å². The number of aryl methyl sites for hydroxylation is 1. The molecule has 1 heterocycles. The Kier molecular flexibility index (Phi) is 6.39. The minimum absolute atomic E-state index is 0.299. The van der Waals surface area contributed by atoms with Gasteiger partial charge in [-0.25, -0.2) is 0 Å². The van der Waals surface area contributed by atoms with Crippen molar-refractivity contribution in [1.29, 1.82) is 0 Å². The minimum atomic E-state index is 0.299. The van der Waals surface area contributed by atoms with E-state index in [9.17, 15) is 0 Å². The predicted molar refractivity (Wildman–Crippen MR) is 140 cm³/mol. The third-order valence-electron chi connectivity index (χ3n) is 6.70. The van der Waals surface area contributed by atoms with Crippen LogP contribution in [0.25, 0.3) is 0 Å². The van der Waals surface area contributed by atoms with Gasteiger partial charge in [0.05, 0.1) is 24.9 Å². The highest BCUT2D eigenvalue weighted by molar-refractivity contribution is 5.83. The highest BCUT2D eigenvalue weighted by Crippen LogP contribution is 2.50. The third kappa shape index (κ3) is 4.45. The molecule has 0 radical (unpaired) electrons. The number of rotatable bonds is 7. The Morgan fingerprint density at radius 1 is 0.941 bits per heavy atom. The van der Waals surface area contributed by atoms with Crippen molar-refractivity contribution in [3.8, 4) is 11.5 Å². The first-order valence-electron chi connectivity index (χ1n) is 12.2. The lowest BCUT2D eigenvalue weighted by Gasteiger charge is -2.37. The summed E-state index contributed by atoms with van der Waals surface area (Å²) >= 11 is 0. The van der Waals surface area contributed by atoms with Crippen LogP contribution in [-0.4, -0.2) is 19.4 Å². The molecule has 3 atom stereocenters. The molecular weight excluding hydrogens is 420 g/mol. The number of nitrogens with zero attached hydrogens (tertiary/aromatic N) is 1. The number of hydrogen-bond acceptors (Lipinski definition) is 4. The molecule has 5 rings (SSSR count). The maximum Gasteiger partial charge on any atom is 0.161 e. The Balaban J connectivity index is 1.34. The van der Waals surface area contributed by atoms with Crippen LogP contribution >= 0.6 is 0 Å². The normalized spacial score (nSPS) is 20.6. The minimum Gasteiger partial charge on any atom is -0.490 e. The van der Waals surface area contributed by atoms with Crippen LogP contribution in [0.4, 0.5) is 11.4 Å². The van der Waals surface area contributed by atoms with Gasteiger partial charge in [-0.15, -0.1) is 0 Å². The summed E-state index contributed by atoms with van der Waals surface area (Å²) in [5.41, 5.74) is 7.23. The number of anilines is 1. The van der Waals surface area contributed by atoms with E-state index in [0.717, 1.165) is 29.2 Å². The third-order valence-corrected chi connectivity index (χ3v) is 6.70. The summed E-state index contributed by atoms with van der Waals surface area (Å²) in [6.45, 7) is 7.32. The van der Waals surface area contributed by atoms with Crippen LogP contribution < -0.4 is 14.8 Å². The van der Waals surface area contributed by atoms with Gasteiger partial charge >= 0.3 is 0 Å². The average Bonchev–Trinajstić information content (AvgIpc) is 3.35. The second-order valence-corrected chi connectivity index (χ2v) is 8.99. The number of allylic oxidation sites excluding steroid dienone is 2. The van der Waals surface area contributed by atoms with E-state index in [2.05, 4.69) is 66.9 Å². The molecular formula is C30H32N2O2. The van der Waals surface area contributed by atoms with Crippen molar-refractivity contribution in [3.63, 3.8) is 0 Å². The molecule has 0 unspecified atom stereocenters. The standard InChI is InChI=1S/C30H32N2O2/c1-4-33-28-16-10-21(18-29(28)34-5-2)19-31-23-13-11-22(12-14-23)30-25-8-6-7-24(25)26-17-20(3)9-15-27(26)32-30/h6-7,9-19,24-25,30,32H,4-5,8H2,1-3H3/t24-,25+,30+/m1/s1. The number of fused-ring (bicyclic) bond motifs is 3. The zero-order valence-electron chi connectivity index (χ0n) is 20.1. The van der Waals surface area contributed by atoms with Crippen molar-refractivity contribution < 1.29 is 9.47 Å². The Morgan fingerprint density at radius 3 is 2.53 bits per heavy atom. The molecule has 4 nitrogen and oxygen atoms in total. The van der Waals surface area contributed by atoms with Gasteiger partial charge in [-0.2, -0.15) is 0 Å². The van der Waals surface area contributed by atoms with E-state index in [-0.39, 0.29) is 0 Å². The molecule has 3 aromatic carbocycles. The van der Waals surface area contributed by atoms with Crippen LogP contribution in [-0.2, 0) is 0 Å². The first kappa shape index (κ1) is 22.3. The molecule has 2 aliphatic rings. The van der Waals surface area contributed by atoms with Gasteiger partial charge in [-0.05, 0) is 86.2 Å². The lowest BCUT2D eigenvalue weighted by atomic mass is 9.76. The largest absolute Gasteiger partial charge is 0.490 e. The first-order chi connectivity index (χ1) is 16.7. The lowest BCUT2D eigenvalue weighted by molar-refractivity contribution is 0.288. The summed E-state index contributed by atoms with van der Waals surface area (Å²) in [5, 5.41) is 3.82. The van der Waals surface area contributed by atoms with Crippen molar-refractivity contribution in [2.45, 2.75) is 39.2 Å². The van der Waals surface area contributed by atoms with E-state index in [1.807, 2.05) is 38.3 Å². The molecule has 0 saturated carbocycles. The first-order valence-corrected chi connectivity index (χ1v) is 12.2. The van der Waals surface area contributed by atoms with E-state index in [0.29, 0.717) is 31.1 Å². The van der Waals surface area contributed by atoms with Crippen molar-refractivity contribution >= 4 is 17.6 Å². The van der Waals surface area contributed by atoms with E-state index >= 15 is 0 Å². The Hall–Kier alpha value is -3.53. The van der Waals surface area contributed by atoms with E-state index < -0.39 is 0 Å². The number of nitrogens with one attached hydrogen (secondary N) is 1. The van der Waals surface area contributed by atoms with Crippen LogP contribution in [0.3, 0.4) is 0 Å². The maximum atomic E-state index is 5.73. The van der Waals surface area contributed by atoms with Crippen LogP contribution in [0.5, 0.6) is 11.5 Å². The van der Waals surface area contributed by atoms with Crippen molar-refractivity contribution in [3.05, 3.63) is 95.1 Å². The molecule has 0 saturated heterocycles. The summed E-state index contributed by atoms with van der Waals surface area (Å²) in [5.74, 6) is 2.55. The van der Waals surface area contributed by atoms with Crippen LogP contribution in [0, 0.1) is 12.8 Å². The molecule has 0 aromatic heterocycles. The van der Waals surface area contributed by atoms with Gasteiger partial charge in [0.2, 0.25) is 0 Å². The quantitative estimate of drug-likeness (QED) is 0.301. The molecule has 0 bridgehead atoms. The van der Waals surface area contributed by atoms with Gasteiger partial charge in [0.15, 0.2) is 11.5 Å². The zero-order chi connectivity index (χ0) is 23.5. The van der Waals surface area contributed by atoms with Gasteiger partial charge in [-0.1, -0.05) is 42.0 Å². The molecule has 1 aliphatic heterocycles. The fourth-order valence-electron chi connectivity index (χ4n) is 5.11. The summed E-state index contributed by atoms with van der Waals surface area (Å²) in [6.07, 6.45) is 7.72. The molecule has 174 valence electrons. The summed E-state index contributed by atoms with van der Waals surface area (Å²) < 4.78 is 11.4. The summed E-state index contributed by atoms with van der Waals surface area (Å²) in [6, 6.07) is 21.6. The van der Waals surface area contributed by atoms with Gasteiger partial charge in [-0.3, -0.25) is 4.99 Å². The van der Waals surface area contributed by atoms with Gasteiger partial charge < -0.3 is 14.8 Å². The predicted octanol–water partition coefficient (Wildman–Crippen LogP) is 7.37. The van der Waals surface area contributed by atoms with Gasteiger partial charge in [0.1, 0.15) is 0 Å². The number of ether oxygens (including phenoxy) is 2. The Labute approximate surface area is 202 Å². The number of aliphatic imine (C=N–C) groups is 1. The van der Waals surface area contributed by atoms with Gasteiger partial charge in [0, 0.05) is 17.8 Å². The SMILES string of the molecule is CCOc1ccc(C=Nc2ccc([C@@H]3Nc4ccc(C)cc4[C@@H]4C=CC[C@@H]43)cc2)cc1OCC. The van der Waals surface area contributed by atoms with E-state index in [4.69, 9.17) is 14.5 Å². The second-order valence-electron chi connectivity index (χ2n) is 8.99. The number of benzene rings is 3. The van der Waals surface area contributed by atoms with Crippen molar-refractivity contribution in [1.82, 2.24) is 0 Å². The highest BCUT2D eigenvalue weighted by atomic mass is 16.5. The van der Waals surface area contributed by atoms with E-state index in [1.165, 1.54) is 22.4 Å². The average molecular weight is 453 g/mol. The second kappa shape index (κ2) is 9.76. The molecule has 4 heteroatoms. The fourth-order valence-corrected chi connectivity index (χ4v) is 5.11. The topological polar surface area (TPSA) is 42.8 Å². The van der Waals surface area contributed by atoms with Gasteiger partial charge in [0.25, 0.3) is 0 Å². The van der Waals surface area contributed by atoms with E-state index in [1.54, 1.807) is 0 Å². The molecule has 0 amide bonds. The Bertz CT molecular complexity index is 1210. The van der Waals surface area contributed by atoms with Crippen molar-refractivity contribution in [2.24, 2.45) is 10.9 Å². The van der Waals surface area contributed by atoms with Crippen LogP contribution in [0.1, 0.15) is 54.5 Å². The molecule has 0 fully saturated rings. The monoisotopic (exact) mass is 452 g/mol. The van der Waals surface area contributed by atoms with Crippen molar-refractivity contribution in [2.75, 3.05) is 18.5 Å². The zero-order valence-corrected chi connectivity index (χ0v) is 20.1. The Morgan fingerprint density at radius 2 is 1.74 bits per heavy atom. The molecule has 1 N–H and O–H groups in total. The smallest absolute Gasteiger partial charge is 0.161 e. The lowest BCUT2D eigenvalue weighted by Crippen LogP contribution is -2.29. The van der Waals surface area contributed by atoms with Crippen LogP contribution in [0.15, 0.2) is 77.8 Å². The summed E-state index contributed by atoms with van der Waals surface area (Å²) in [7, 11) is 0. The molecule has 34 heavy (non-hydrogen) atoms. The summed E-state index contributed by atoms with van der Waals surface area (Å²) in [4.78, 5) is 4.70.